The Labute approximate surface area is 436 Å². The normalized spacial score (nSPS) is 12.8. The van der Waals surface area contributed by atoms with Crippen LogP contribution in [0.3, 0.4) is 0 Å². The van der Waals surface area contributed by atoms with Crippen LogP contribution in [0.2, 0.25) is 0 Å². The summed E-state index contributed by atoms with van der Waals surface area (Å²) in [6, 6.07) is -0.651. The number of carbonyl (C=O) groups excluding carboxylic acids is 2. The molecule has 0 bridgehead atoms. The Kier molecular flexibility index (Phi) is 58.0. The summed E-state index contributed by atoms with van der Waals surface area (Å²) in [7, 11) is 0. The third kappa shape index (κ3) is 55.4. The molecule has 70 heavy (non-hydrogen) atoms. The van der Waals surface area contributed by atoms with Crippen molar-refractivity contribution in [2.45, 2.75) is 347 Å². The second-order valence-corrected chi connectivity index (χ2v) is 21.4. The molecule has 0 aromatic heterocycles. The summed E-state index contributed by atoms with van der Waals surface area (Å²) in [5, 5.41) is 23.2. The third-order valence-corrected chi connectivity index (χ3v) is 14.4. The first kappa shape index (κ1) is 68.1. The Bertz CT molecular complexity index is 1130. The van der Waals surface area contributed by atoms with Crippen LogP contribution in [-0.2, 0) is 14.3 Å². The second kappa shape index (κ2) is 59.6. The lowest BCUT2D eigenvalue weighted by molar-refractivity contribution is -0.143. The minimum Gasteiger partial charge on any atom is -0.466 e. The molecule has 0 aliphatic rings. The largest absolute Gasteiger partial charge is 0.466 e. The van der Waals surface area contributed by atoms with Gasteiger partial charge >= 0.3 is 5.97 Å². The van der Waals surface area contributed by atoms with Crippen molar-refractivity contribution >= 4 is 11.9 Å². The molecule has 0 radical (unpaired) electrons. The number of aliphatic hydroxyl groups excluding tert-OH is 2. The molecule has 6 nitrogen and oxygen atoms in total. The fourth-order valence-corrected chi connectivity index (χ4v) is 9.57. The molecule has 3 N–H and O–H groups in total. The van der Waals surface area contributed by atoms with Crippen molar-refractivity contribution in [3.05, 3.63) is 36.5 Å². The van der Waals surface area contributed by atoms with Gasteiger partial charge in [-0.25, -0.2) is 0 Å². The fourth-order valence-electron chi connectivity index (χ4n) is 9.57. The van der Waals surface area contributed by atoms with Gasteiger partial charge in [0, 0.05) is 12.8 Å². The number of amides is 1. The number of hydrogen-bond acceptors (Lipinski definition) is 5. The van der Waals surface area contributed by atoms with Crippen LogP contribution in [0, 0.1) is 0 Å². The molecule has 6 heteroatoms. The van der Waals surface area contributed by atoms with E-state index in [9.17, 15) is 19.8 Å². The highest BCUT2D eigenvalue weighted by Crippen LogP contribution is 2.17. The van der Waals surface area contributed by atoms with Crippen LogP contribution in [0.1, 0.15) is 335 Å². The summed E-state index contributed by atoms with van der Waals surface area (Å²) < 4.78 is 5.46. The van der Waals surface area contributed by atoms with Crippen LogP contribution in [0.25, 0.3) is 0 Å². The highest BCUT2D eigenvalue weighted by atomic mass is 16.5. The van der Waals surface area contributed by atoms with Crippen molar-refractivity contribution in [2.75, 3.05) is 13.2 Å². The van der Waals surface area contributed by atoms with E-state index < -0.39 is 12.1 Å². The molecule has 0 aromatic rings. The van der Waals surface area contributed by atoms with Gasteiger partial charge in [0.1, 0.15) is 0 Å². The predicted molar refractivity (Wildman–Crippen MR) is 306 cm³/mol. The van der Waals surface area contributed by atoms with Crippen molar-refractivity contribution in [2.24, 2.45) is 0 Å². The van der Waals surface area contributed by atoms with E-state index >= 15 is 0 Å². The van der Waals surface area contributed by atoms with Crippen molar-refractivity contribution in [1.29, 1.82) is 0 Å². The van der Waals surface area contributed by atoms with Gasteiger partial charge in [-0.15, -0.1) is 0 Å². The number of esters is 1. The summed E-state index contributed by atoms with van der Waals surface area (Å²) >= 11 is 0. The van der Waals surface area contributed by atoms with E-state index in [0.29, 0.717) is 19.4 Å². The van der Waals surface area contributed by atoms with Gasteiger partial charge in [-0.3, -0.25) is 9.59 Å². The molecule has 2 atom stereocenters. The zero-order chi connectivity index (χ0) is 50.7. The first-order valence-corrected chi connectivity index (χ1v) is 31.3. The van der Waals surface area contributed by atoms with Crippen molar-refractivity contribution in [1.82, 2.24) is 5.32 Å². The number of ether oxygens (including phenoxy) is 1. The van der Waals surface area contributed by atoms with Crippen molar-refractivity contribution in [3.8, 4) is 0 Å². The lowest BCUT2D eigenvalue weighted by Crippen LogP contribution is -2.45. The number of nitrogens with one attached hydrogen (secondary N) is 1. The number of allylic oxidation sites excluding steroid dienone is 5. The van der Waals surface area contributed by atoms with Crippen molar-refractivity contribution in [3.63, 3.8) is 0 Å². The van der Waals surface area contributed by atoms with E-state index in [0.717, 1.165) is 83.5 Å². The highest BCUT2D eigenvalue weighted by Gasteiger charge is 2.18. The maximum Gasteiger partial charge on any atom is 0.305 e. The standard InChI is InChI=1S/C64H121NO5/c1-3-5-7-9-11-13-15-17-19-21-23-24-25-26-27-28-29-31-33-36-40-44-48-52-56-62(67)61(60-66)65-63(68)57-53-49-45-41-37-35-39-43-47-51-55-59-70-64(69)58-54-50-46-42-38-34-32-30-22-20-18-16-14-12-10-8-6-4-2/h20,22,39,43,52,56,61-62,66-67H,3-19,21,23-38,40-42,44-51,53-55,57-60H2,1-2H3,(H,65,68)/b22-20-,43-39-,56-52+. The third-order valence-electron chi connectivity index (χ3n) is 14.4. The Hall–Kier alpha value is -1.92. The molecule has 0 aliphatic heterocycles. The number of aliphatic hydroxyl groups is 2. The minimum atomic E-state index is -0.865. The molecule has 0 aromatic carbocycles. The van der Waals surface area contributed by atoms with Gasteiger partial charge in [0.25, 0.3) is 0 Å². The number of rotatable bonds is 58. The molecule has 0 saturated carbocycles. The molecular weight excluding hydrogens is 863 g/mol. The smallest absolute Gasteiger partial charge is 0.305 e. The second-order valence-electron chi connectivity index (χ2n) is 21.4. The molecule has 0 spiro atoms. The van der Waals surface area contributed by atoms with E-state index in [2.05, 4.69) is 43.5 Å². The summed E-state index contributed by atoms with van der Waals surface area (Å²) in [6.07, 6.45) is 74.7. The van der Waals surface area contributed by atoms with Gasteiger partial charge in [-0.2, -0.15) is 0 Å². The van der Waals surface area contributed by atoms with Gasteiger partial charge in [-0.05, 0) is 83.5 Å². The zero-order valence-corrected chi connectivity index (χ0v) is 47.0. The molecular formula is C64H121NO5. The maximum absolute atomic E-state index is 12.5. The van der Waals surface area contributed by atoms with E-state index in [1.54, 1.807) is 6.08 Å². The van der Waals surface area contributed by atoms with Crippen LogP contribution < -0.4 is 5.32 Å². The van der Waals surface area contributed by atoms with Crippen LogP contribution in [0.15, 0.2) is 36.5 Å². The predicted octanol–water partition coefficient (Wildman–Crippen LogP) is 19.6. The Morgan fingerprint density at radius 2 is 0.671 bits per heavy atom. The van der Waals surface area contributed by atoms with Crippen LogP contribution in [-0.4, -0.2) is 47.4 Å². The Morgan fingerprint density at radius 3 is 1.01 bits per heavy atom. The molecule has 0 heterocycles. The minimum absolute atomic E-state index is 0.0353. The summed E-state index contributed by atoms with van der Waals surface area (Å²) in [6.45, 7) is 4.84. The van der Waals surface area contributed by atoms with Gasteiger partial charge in [0.05, 0.1) is 25.4 Å². The van der Waals surface area contributed by atoms with Gasteiger partial charge in [0.2, 0.25) is 5.91 Å². The van der Waals surface area contributed by atoms with E-state index in [1.807, 2.05) is 6.08 Å². The Morgan fingerprint density at radius 1 is 0.386 bits per heavy atom. The monoisotopic (exact) mass is 984 g/mol. The molecule has 2 unspecified atom stereocenters. The molecule has 0 fully saturated rings. The lowest BCUT2D eigenvalue weighted by Gasteiger charge is -2.20. The van der Waals surface area contributed by atoms with Gasteiger partial charge in [-0.1, -0.05) is 275 Å². The van der Waals surface area contributed by atoms with E-state index in [-0.39, 0.29) is 18.5 Å². The quantitative estimate of drug-likeness (QED) is 0.0321. The summed E-state index contributed by atoms with van der Waals surface area (Å²) in [5.74, 6) is -0.130. The molecule has 0 aliphatic carbocycles. The van der Waals surface area contributed by atoms with E-state index in [1.165, 1.54) is 225 Å². The van der Waals surface area contributed by atoms with Crippen LogP contribution >= 0.6 is 0 Å². The first-order valence-electron chi connectivity index (χ1n) is 31.3. The molecule has 1 amide bonds. The van der Waals surface area contributed by atoms with Crippen LogP contribution in [0.4, 0.5) is 0 Å². The van der Waals surface area contributed by atoms with Gasteiger partial charge < -0.3 is 20.3 Å². The fraction of sp³-hybridized carbons (Fsp3) is 0.875. The zero-order valence-electron chi connectivity index (χ0n) is 47.0. The molecule has 412 valence electrons. The SMILES string of the molecule is CCCCCCCCC/C=C\CCCCCCCCCC(=O)OCCCC/C=C\CCCCCCCC(=O)NC(CO)C(O)/C=C/CCCCCCCCCCCCCCCCCCCCCCCC. The lowest BCUT2D eigenvalue weighted by atomic mass is 10.0. The maximum atomic E-state index is 12.5. The molecule has 0 saturated heterocycles. The first-order chi connectivity index (χ1) is 34.5. The Balaban J connectivity index is 3.52. The summed E-state index contributed by atoms with van der Waals surface area (Å²) in [4.78, 5) is 24.6. The average molecular weight is 985 g/mol. The number of carbonyl (C=O) groups is 2. The number of unbranched alkanes of at least 4 members (excludes halogenated alkanes) is 43. The average Bonchev–Trinajstić information content (AvgIpc) is 3.36. The van der Waals surface area contributed by atoms with Gasteiger partial charge in [0.15, 0.2) is 0 Å². The van der Waals surface area contributed by atoms with E-state index in [4.69, 9.17) is 4.74 Å². The van der Waals surface area contributed by atoms with Crippen molar-refractivity contribution < 1.29 is 24.5 Å². The summed E-state index contributed by atoms with van der Waals surface area (Å²) in [5.41, 5.74) is 0. The highest BCUT2D eigenvalue weighted by molar-refractivity contribution is 5.76. The topological polar surface area (TPSA) is 95.9 Å². The number of hydrogen-bond donors (Lipinski definition) is 3. The molecule has 0 rings (SSSR count). The van der Waals surface area contributed by atoms with Crippen LogP contribution in [0.5, 0.6) is 0 Å².